The Morgan fingerprint density at radius 2 is 1.77 bits per heavy atom. The molecule has 2 rings (SSSR count). The summed E-state index contributed by atoms with van der Waals surface area (Å²) in [6.07, 6.45) is 1.06. The zero-order valence-corrected chi connectivity index (χ0v) is 13.5. The molecule has 0 fully saturated rings. The molecule has 0 atom stereocenters. The van der Waals surface area contributed by atoms with Crippen LogP contribution in [0.5, 0.6) is 0 Å². The number of rotatable bonds is 3. The Hall–Kier alpha value is -2.19. The quantitative estimate of drug-likeness (QED) is 0.830. The van der Waals surface area contributed by atoms with Crippen LogP contribution in [0.3, 0.4) is 0 Å². The molecule has 0 spiro atoms. The number of carbonyl (C=O) groups excluding carboxylic acids is 2. The minimum atomic E-state index is -3.40. The van der Waals surface area contributed by atoms with E-state index in [0.717, 1.165) is 11.8 Å². The molecule has 0 aliphatic rings. The predicted octanol–water partition coefficient (Wildman–Crippen LogP) is 1.53. The van der Waals surface area contributed by atoms with Crippen LogP contribution < -0.4 is 10.9 Å². The van der Waals surface area contributed by atoms with E-state index >= 15 is 0 Å². The van der Waals surface area contributed by atoms with Crippen LogP contribution in [-0.2, 0) is 9.84 Å². The standard InChI is InChI=1S/C14H14N2O4S2/c1-9-6-7-21-12(9)14(18)16-15-13(17)10-4-3-5-11(8-10)22(2,19)20/h3-8H,1-2H3,(H,15,17)(H,16,18). The number of amides is 2. The number of nitrogens with one attached hydrogen (secondary N) is 2. The van der Waals surface area contributed by atoms with Crippen molar-refractivity contribution in [2.45, 2.75) is 11.8 Å². The van der Waals surface area contributed by atoms with Crippen LogP contribution in [0.4, 0.5) is 0 Å². The number of hydrazine groups is 1. The summed E-state index contributed by atoms with van der Waals surface area (Å²) in [5.74, 6) is -1.01. The van der Waals surface area contributed by atoms with E-state index in [0.29, 0.717) is 4.88 Å². The summed E-state index contributed by atoms with van der Waals surface area (Å²) in [7, 11) is -3.40. The predicted molar refractivity (Wildman–Crippen MR) is 83.5 cm³/mol. The van der Waals surface area contributed by atoms with E-state index in [4.69, 9.17) is 0 Å². The average molecular weight is 338 g/mol. The first-order chi connectivity index (χ1) is 10.3. The SMILES string of the molecule is Cc1ccsc1C(=O)NNC(=O)c1cccc(S(C)(=O)=O)c1. The molecule has 0 unspecified atom stereocenters. The minimum Gasteiger partial charge on any atom is -0.267 e. The molecule has 0 saturated carbocycles. The molecule has 116 valence electrons. The van der Waals surface area contributed by atoms with Crippen molar-refractivity contribution in [1.29, 1.82) is 0 Å². The number of sulfone groups is 1. The van der Waals surface area contributed by atoms with Gasteiger partial charge < -0.3 is 0 Å². The number of aryl methyl sites for hydroxylation is 1. The highest BCUT2D eigenvalue weighted by Crippen LogP contribution is 2.15. The van der Waals surface area contributed by atoms with Gasteiger partial charge in [-0.1, -0.05) is 6.07 Å². The molecule has 0 aliphatic heterocycles. The van der Waals surface area contributed by atoms with Gasteiger partial charge in [0.05, 0.1) is 9.77 Å². The van der Waals surface area contributed by atoms with E-state index in [1.807, 2.05) is 0 Å². The fourth-order valence-corrected chi connectivity index (χ4v) is 3.20. The molecule has 1 aromatic heterocycles. The van der Waals surface area contributed by atoms with Gasteiger partial charge in [-0.2, -0.15) is 0 Å². The van der Waals surface area contributed by atoms with E-state index in [9.17, 15) is 18.0 Å². The number of carbonyl (C=O) groups is 2. The third-order valence-corrected chi connectivity index (χ3v) is 5.01. The van der Waals surface area contributed by atoms with E-state index in [1.165, 1.54) is 35.6 Å². The van der Waals surface area contributed by atoms with Crippen molar-refractivity contribution in [1.82, 2.24) is 10.9 Å². The molecular weight excluding hydrogens is 324 g/mol. The van der Waals surface area contributed by atoms with Gasteiger partial charge >= 0.3 is 0 Å². The lowest BCUT2D eigenvalue weighted by molar-refractivity contribution is 0.0848. The monoisotopic (exact) mass is 338 g/mol. The molecule has 0 radical (unpaired) electrons. The Balaban J connectivity index is 2.07. The Morgan fingerprint density at radius 1 is 1.09 bits per heavy atom. The zero-order chi connectivity index (χ0) is 16.3. The molecule has 2 amide bonds. The smallest absolute Gasteiger partial charge is 0.267 e. The lowest BCUT2D eigenvalue weighted by Gasteiger charge is -2.08. The van der Waals surface area contributed by atoms with E-state index in [-0.39, 0.29) is 10.5 Å². The van der Waals surface area contributed by atoms with Crippen molar-refractivity contribution in [2.75, 3.05) is 6.26 Å². The maximum absolute atomic E-state index is 12.0. The molecule has 8 heteroatoms. The van der Waals surface area contributed by atoms with Gasteiger partial charge in [-0.3, -0.25) is 20.4 Å². The highest BCUT2D eigenvalue weighted by atomic mass is 32.2. The number of benzene rings is 1. The topological polar surface area (TPSA) is 92.3 Å². The second-order valence-electron chi connectivity index (χ2n) is 4.64. The largest absolute Gasteiger partial charge is 0.280 e. The zero-order valence-electron chi connectivity index (χ0n) is 11.9. The summed E-state index contributed by atoms with van der Waals surface area (Å²) < 4.78 is 22.9. The summed E-state index contributed by atoms with van der Waals surface area (Å²) in [6, 6.07) is 7.40. The van der Waals surface area contributed by atoms with Crippen LogP contribution in [0.2, 0.25) is 0 Å². The third kappa shape index (κ3) is 3.71. The number of hydrogen-bond acceptors (Lipinski definition) is 5. The summed E-state index contributed by atoms with van der Waals surface area (Å²) >= 11 is 1.27. The molecule has 6 nitrogen and oxygen atoms in total. The van der Waals surface area contributed by atoms with Crippen LogP contribution in [-0.4, -0.2) is 26.5 Å². The second kappa shape index (κ2) is 6.29. The van der Waals surface area contributed by atoms with Crippen LogP contribution in [0, 0.1) is 6.92 Å². The van der Waals surface area contributed by atoms with Crippen molar-refractivity contribution >= 4 is 33.0 Å². The van der Waals surface area contributed by atoms with Gasteiger partial charge in [0.25, 0.3) is 11.8 Å². The van der Waals surface area contributed by atoms with E-state index < -0.39 is 21.7 Å². The lowest BCUT2D eigenvalue weighted by Crippen LogP contribution is -2.41. The first-order valence-electron chi connectivity index (χ1n) is 6.24. The molecule has 0 bridgehead atoms. The van der Waals surface area contributed by atoms with Gasteiger partial charge in [-0.05, 0) is 42.1 Å². The molecule has 2 aromatic rings. The molecular formula is C14H14N2O4S2. The highest BCUT2D eigenvalue weighted by molar-refractivity contribution is 7.90. The number of thiophene rings is 1. The first-order valence-corrected chi connectivity index (χ1v) is 9.01. The van der Waals surface area contributed by atoms with Crippen molar-refractivity contribution in [2.24, 2.45) is 0 Å². The maximum Gasteiger partial charge on any atom is 0.280 e. The summed E-state index contributed by atoms with van der Waals surface area (Å²) in [5, 5.41) is 1.78. The van der Waals surface area contributed by atoms with E-state index in [2.05, 4.69) is 10.9 Å². The van der Waals surface area contributed by atoms with Crippen LogP contribution >= 0.6 is 11.3 Å². The van der Waals surface area contributed by atoms with Crippen LogP contribution in [0.15, 0.2) is 40.6 Å². The van der Waals surface area contributed by atoms with Crippen molar-refractivity contribution in [3.8, 4) is 0 Å². The number of hydrogen-bond donors (Lipinski definition) is 2. The Labute approximate surface area is 132 Å². The van der Waals surface area contributed by atoms with Crippen molar-refractivity contribution < 1.29 is 18.0 Å². The van der Waals surface area contributed by atoms with Crippen LogP contribution in [0.1, 0.15) is 25.6 Å². The molecule has 0 saturated heterocycles. The maximum atomic E-state index is 12.0. The van der Waals surface area contributed by atoms with Crippen LogP contribution in [0.25, 0.3) is 0 Å². The average Bonchev–Trinajstić information content (AvgIpc) is 2.90. The molecule has 0 aliphatic carbocycles. The van der Waals surface area contributed by atoms with Gasteiger partial charge in [0.2, 0.25) is 0 Å². The van der Waals surface area contributed by atoms with Crippen molar-refractivity contribution in [3.05, 3.63) is 51.7 Å². The van der Waals surface area contributed by atoms with Gasteiger partial charge in [0.15, 0.2) is 9.84 Å². The highest BCUT2D eigenvalue weighted by Gasteiger charge is 2.14. The first kappa shape index (κ1) is 16.2. The van der Waals surface area contributed by atoms with Gasteiger partial charge in [0, 0.05) is 11.8 Å². The van der Waals surface area contributed by atoms with E-state index in [1.54, 1.807) is 18.4 Å². The fourth-order valence-electron chi connectivity index (χ4n) is 1.72. The minimum absolute atomic E-state index is 0.0422. The second-order valence-corrected chi connectivity index (χ2v) is 7.57. The fraction of sp³-hybridized carbons (Fsp3) is 0.143. The lowest BCUT2D eigenvalue weighted by atomic mass is 10.2. The molecule has 22 heavy (non-hydrogen) atoms. The summed E-state index contributed by atoms with van der Waals surface area (Å²) in [6.45, 7) is 1.79. The van der Waals surface area contributed by atoms with Gasteiger partial charge in [0.1, 0.15) is 0 Å². The molecule has 1 heterocycles. The summed E-state index contributed by atoms with van der Waals surface area (Å²) in [5.41, 5.74) is 5.53. The third-order valence-electron chi connectivity index (χ3n) is 2.88. The van der Waals surface area contributed by atoms with Gasteiger partial charge in [-0.15, -0.1) is 11.3 Å². The van der Waals surface area contributed by atoms with Crippen molar-refractivity contribution in [3.63, 3.8) is 0 Å². The summed E-state index contributed by atoms with van der Waals surface area (Å²) in [4.78, 5) is 24.4. The Morgan fingerprint density at radius 3 is 2.36 bits per heavy atom. The molecule has 2 N–H and O–H groups in total. The molecule has 1 aromatic carbocycles. The normalized spacial score (nSPS) is 11.0. The Bertz CT molecular complexity index is 825. The van der Waals surface area contributed by atoms with Gasteiger partial charge in [-0.25, -0.2) is 8.42 Å². The Kier molecular flexibility index (Phi) is 4.62.